The molecule has 1 aliphatic rings. The minimum Gasteiger partial charge on any atom is -0.474 e. The quantitative estimate of drug-likeness (QED) is 0.368. The Hall–Kier alpha value is -1.96. The zero-order valence-corrected chi connectivity index (χ0v) is 21.2. The molecular weight excluding hydrogens is 567 g/mol. The topological polar surface area (TPSA) is 90.9 Å². The van der Waals surface area contributed by atoms with Gasteiger partial charge in [0, 0.05) is 22.7 Å². The fourth-order valence-electron chi connectivity index (χ4n) is 3.64. The van der Waals surface area contributed by atoms with E-state index < -0.39 is 33.8 Å². The van der Waals surface area contributed by atoms with Gasteiger partial charge in [-0.15, -0.1) is 0 Å². The van der Waals surface area contributed by atoms with E-state index in [4.69, 9.17) is 4.74 Å². The van der Waals surface area contributed by atoms with Gasteiger partial charge in [0.15, 0.2) is 12.6 Å². The monoisotopic (exact) mass is 593 g/mol. The fraction of sp³-hybridized carbons (Fsp3) is 0.364. The average Bonchev–Trinajstić information content (AvgIpc) is 3.04. The van der Waals surface area contributed by atoms with Gasteiger partial charge in [0.1, 0.15) is 17.4 Å². The van der Waals surface area contributed by atoms with E-state index in [9.17, 15) is 22.3 Å². The predicted molar refractivity (Wildman–Crippen MR) is 129 cm³/mol. The molecule has 2 atom stereocenters. The molecule has 1 heterocycles. The highest BCUT2D eigenvalue weighted by Crippen LogP contribution is 2.25. The number of nitrogens with one attached hydrogen (secondary N) is 2. The van der Waals surface area contributed by atoms with Crippen LogP contribution in [0.15, 0.2) is 54.0 Å². The number of hydrogen-bond donors (Lipinski definition) is 3. The molecule has 0 aliphatic carbocycles. The molecular formula is C22H26F2IN3O4S. The number of hydrogen-bond acceptors (Lipinski definition) is 6. The lowest BCUT2D eigenvalue weighted by molar-refractivity contribution is 0.0340. The number of sulfonamides is 1. The molecule has 0 bridgehead atoms. The van der Waals surface area contributed by atoms with Crippen molar-refractivity contribution in [3.05, 3.63) is 80.4 Å². The smallest absolute Gasteiger partial charge is 0.231 e. The van der Waals surface area contributed by atoms with Gasteiger partial charge in [-0.05, 0) is 71.3 Å². The van der Waals surface area contributed by atoms with Gasteiger partial charge in [0.25, 0.3) is 0 Å². The van der Waals surface area contributed by atoms with Crippen LogP contribution < -0.4 is 10.0 Å². The Morgan fingerprint density at radius 3 is 2.52 bits per heavy atom. The molecule has 11 heteroatoms. The molecule has 33 heavy (non-hydrogen) atoms. The highest BCUT2D eigenvalue weighted by molar-refractivity contribution is 14.1. The first-order valence-corrected chi connectivity index (χ1v) is 13.1. The lowest BCUT2D eigenvalue weighted by atomic mass is 9.99. The van der Waals surface area contributed by atoms with E-state index in [1.165, 1.54) is 12.1 Å². The van der Waals surface area contributed by atoms with Crippen molar-refractivity contribution in [3.63, 3.8) is 0 Å². The van der Waals surface area contributed by atoms with Crippen LogP contribution in [0.2, 0.25) is 0 Å². The molecule has 0 radical (unpaired) electrons. The van der Waals surface area contributed by atoms with Crippen molar-refractivity contribution < 1.29 is 27.0 Å². The second kappa shape index (κ2) is 11.0. The maximum absolute atomic E-state index is 13.8. The highest BCUT2D eigenvalue weighted by atomic mass is 127. The zero-order chi connectivity index (χ0) is 24.2. The summed E-state index contributed by atoms with van der Waals surface area (Å²) in [5, 5.41) is 14.2. The standard InChI is InChI=1S/C22H26F2IN3O4S/c1-14-22(27-33(2,30)31)28(13-32-14)20(9-16-6-17(23)10-18(24)7-16)21(29)12-26-11-15-4-3-5-19(25)8-15/h3-8,10,20-21,26-27,29H,9,11-13H2,1-2H3. The molecule has 1 aliphatic heterocycles. The number of halogens is 3. The number of benzene rings is 2. The molecule has 0 aromatic heterocycles. The van der Waals surface area contributed by atoms with E-state index in [1.807, 2.05) is 24.3 Å². The van der Waals surface area contributed by atoms with Gasteiger partial charge in [0.05, 0.1) is 18.4 Å². The lowest BCUT2D eigenvalue weighted by Crippen LogP contribution is -2.50. The van der Waals surface area contributed by atoms with Crippen molar-refractivity contribution in [2.45, 2.75) is 32.0 Å². The molecule has 2 unspecified atom stereocenters. The molecule has 0 fully saturated rings. The van der Waals surface area contributed by atoms with E-state index >= 15 is 0 Å². The summed E-state index contributed by atoms with van der Waals surface area (Å²) in [5.74, 6) is -0.922. The van der Waals surface area contributed by atoms with Gasteiger partial charge in [-0.1, -0.05) is 12.1 Å². The molecule has 3 N–H and O–H groups in total. The number of aliphatic hydroxyl groups excluding tert-OH is 1. The fourth-order valence-corrected chi connectivity index (χ4v) is 4.86. The minimum atomic E-state index is -3.62. The molecule has 2 aromatic carbocycles. The summed E-state index contributed by atoms with van der Waals surface area (Å²) < 4.78 is 60.4. The summed E-state index contributed by atoms with van der Waals surface area (Å²) in [7, 11) is -3.62. The summed E-state index contributed by atoms with van der Waals surface area (Å²) >= 11 is 2.22. The third kappa shape index (κ3) is 7.52. The van der Waals surface area contributed by atoms with Crippen LogP contribution in [0.4, 0.5) is 8.78 Å². The van der Waals surface area contributed by atoms with Crippen LogP contribution in [0, 0.1) is 15.2 Å². The van der Waals surface area contributed by atoms with Crippen LogP contribution in [0.1, 0.15) is 18.1 Å². The van der Waals surface area contributed by atoms with Gasteiger partial charge < -0.3 is 20.1 Å². The Morgan fingerprint density at radius 1 is 1.18 bits per heavy atom. The van der Waals surface area contributed by atoms with E-state index in [2.05, 4.69) is 32.6 Å². The summed E-state index contributed by atoms with van der Waals surface area (Å²) in [6.07, 6.45) is 0.0664. The Balaban J connectivity index is 1.81. The summed E-state index contributed by atoms with van der Waals surface area (Å²) in [6, 6.07) is 10.3. The van der Waals surface area contributed by atoms with Gasteiger partial charge in [-0.3, -0.25) is 4.72 Å². The second-order valence-electron chi connectivity index (χ2n) is 7.90. The van der Waals surface area contributed by atoms with Crippen LogP contribution in [-0.2, 0) is 27.7 Å². The van der Waals surface area contributed by atoms with Crippen molar-refractivity contribution >= 4 is 32.6 Å². The highest BCUT2D eigenvalue weighted by Gasteiger charge is 2.34. The molecule has 3 rings (SSSR count). The second-order valence-corrected chi connectivity index (χ2v) is 10.9. The van der Waals surface area contributed by atoms with Gasteiger partial charge in [0.2, 0.25) is 10.0 Å². The van der Waals surface area contributed by atoms with E-state index in [0.717, 1.165) is 21.5 Å². The van der Waals surface area contributed by atoms with Gasteiger partial charge in [-0.25, -0.2) is 17.2 Å². The first-order valence-electron chi connectivity index (χ1n) is 10.2. The average molecular weight is 593 g/mol. The zero-order valence-electron chi connectivity index (χ0n) is 18.2. The van der Waals surface area contributed by atoms with Crippen LogP contribution in [0.3, 0.4) is 0 Å². The summed E-state index contributed by atoms with van der Waals surface area (Å²) in [5.41, 5.74) is 1.37. The van der Waals surface area contributed by atoms with Gasteiger partial charge in [-0.2, -0.15) is 0 Å². The number of ether oxygens (including phenoxy) is 1. The molecule has 180 valence electrons. The third-order valence-corrected chi connectivity index (χ3v) is 6.34. The molecule has 0 amide bonds. The van der Waals surface area contributed by atoms with Crippen molar-refractivity contribution in [2.24, 2.45) is 0 Å². The first kappa shape index (κ1) is 25.7. The van der Waals surface area contributed by atoms with Gasteiger partial charge >= 0.3 is 0 Å². The molecule has 2 aromatic rings. The van der Waals surface area contributed by atoms with Crippen LogP contribution in [0.25, 0.3) is 0 Å². The Bertz CT molecular complexity index is 1110. The van der Waals surface area contributed by atoms with E-state index in [-0.39, 0.29) is 25.5 Å². The number of aliphatic hydroxyl groups is 1. The summed E-state index contributed by atoms with van der Waals surface area (Å²) in [4.78, 5) is 1.57. The van der Waals surface area contributed by atoms with Crippen molar-refractivity contribution in [3.8, 4) is 0 Å². The minimum absolute atomic E-state index is 0.0138. The molecule has 0 saturated carbocycles. The maximum atomic E-state index is 13.8. The van der Waals surface area contributed by atoms with Crippen molar-refractivity contribution in [1.29, 1.82) is 0 Å². The SMILES string of the molecule is CC1=C(NS(C)(=O)=O)N(C(Cc2cc(F)cc(F)c2)C(O)CNCc2cccc(I)c2)CO1. The predicted octanol–water partition coefficient (Wildman–Crippen LogP) is 2.66. The van der Waals surface area contributed by atoms with Crippen LogP contribution in [0.5, 0.6) is 0 Å². The number of allylic oxidation sites excluding steroid dienone is 1. The maximum Gasteiger partial charge on any atom is 0.231 e. The Kier molecular flexibility index (Phi) is 8.54. The van der Waals surface area contributed by atoms with Crippen LogP contribution >= 0.6 is 22.6 Å². The number of rotatable bonds is 10. The lowest BCUT2D eigenvalue weighted by Gasteiger charge is -2.34. The van der Waals surface area contributed by atoms with E-state index in [1.54, 1.807) is 11.8 Å². The third-order valence-electron chi connectivity index (χ3n) is 5.11. The largest absolute Gasteiger partial charge is 0.474 e. The van der Waals surface area contributed by atoms with Crippen molar-refractivity contribution in [2.75, 3.05) is 19.5 Å². The Morgan fingerprint density at radius 2 is 1.88 bits per heavy atom. The van der Waals surface area contributed by atoms with Crippen molar-refractivity contribution in [1.82, 2.24) is 14.9 Å². The Labute approximate surface area is 206 Å². The molecule has 0 saturated heterocycles. The normalized spacial score (nSPS) is 16.0. The molecule has 7 nitrogen and oxygen atoms in total. The van der Waals surface area contributed by atoms with Crippen LogP contribution in [-0.4, -0.2) is 50.1 Å². The summed E-state index contributed by atoms with van der Waals surface area (Å²) in [6.45, 7) is 2.26. The number of nitrogens with zero attached hydrogens (tertiary/aromatic N) is 1. The first-order chi connectivity index (χ1) is 15.5. The van der Waals surface area contributed by atoms with E-state index in [0.29, 0.717) is 17.9 Å². The molecule has 0 spiro atoms.